The van der Waals surface area contributed by atoms with E-state index in [2.05, 4.69) is 5.32 Å². The van der Waals surface area contributed by atoms with Crippen LogP contribution >= 0.6 is 0 Å². The second-order valence-corrected chi connectivity index (χ2v) is 6.74. The zero-order chi connectivity index (χ0) is 22.7. The summed E-state index contributed by atoms with van der Waals surface area (Å²) in [6, 6.07) is 4.69. The van der Waals surface area contributed by atoms with E-state index in [0.29, 0.717) is 12.1 Å². The van der Waals surface area contributed by atoms with Gasteiger partial charge in [0.25, 0.3) is 17.7 Å². The summed E-state index contributed by atoms with van der Waals surface area (Å²) in [5, 5.41) is 2.46. The molecular formula is C20H18F4N4O3. The number of hydrogen-bond donors (Lipinski definition) is 2. The zero-order valence-corrected chi connectivity index (χ0v) is 16.1. The SMILES string of the molecule is NCCNC(=O)C1N(C(=O)c2cc(F)cc(F)c2)CCN1C(=O)c1ccc(F)c(F)c1. The number of carbonyl (C=O) groups excluding carboxylic acids is 3. The second kappa shape index (κ2) is 9.13. The van der Waals surface area contributed by atoms with Crippen LogP contribution in [0.3, 0.4) is 0 Å². The Morgan fingerprint density at radius 2 is 1.45 bits per heavy atom. The lowest BCUT2D eigenvalue weighted by Gasteiger charge is -2.29. The van der Waals surface area contributed by atoms with Gasteiger partial charge in [-0.3, -0.25) is 14.4 Å². The van der Waals surface area contributed by atoms with Crippen LogP contribution in [0, 0.1) is 23.3 Å². The maximum absolute atomic E-state index is 13.6. The van der Waals surface area contributed by atoms with Gasteiger partial charge in [0.1, 0.15) is 11.6 Å². The predicted octanol–water partition coefficient (Wildman–Crippen LogP) is 1.24. The average Bonchev–Trinajstić information content (AvgIpc) is 3.17. The van der Waals surface area contributed by atoms with E-state index in [4.69, 9.17) is 5.73 Å². The highest BCUT2D eigenvalue weighted by Gasteiger charge is 2.43. The number of nitrogens with one attached hydrogen (secondary N) is 1. The molecule has 11 heteroatoms. The topological polar surface area (TPSA) is 95.7 Å². The predicted molar refractivity (Wildman–Crippen MR) is 101 cm³/mol. The van der Waals surface area contributed by atoms with Crippen molar-refractivity contribution in [2.24, 2.45) is 5.73 Å². The molecule has 3 amide bonds. The Morgan fingerprint density at radius 1 is 0.871 bits per heavy atom. The van der Waals surface area contributed by atoms with Crippen molar-refractivity contribution in [1.29, 1.82) is 0 Å². The summed E-state index contributed by atoms with van der Waals surface area (Å²) in [6.07, 6.45) is -1.48. The molecule has 0 bridgehead atoms. The molecule has 7 nitrogen and oxygen atoms in total. The monoisotopic (exact) mass is 438 g/mol. The molecule has 164 valence electrons. The highest BCUT2D eigenvalue weighted by atomic mass is 19.2. The number of nitrogens with zero attached hydrogens (tertiary/aromatic N) is 2. The van der Waals surface area contributed by atoms with E-state index >= 15 is 0 Å². The number of halogens is 4. The molecule has 1 atom stereocenters. The summed E-state index contributed by atoms with van der Waals surface area (Å²) < 4.78 is 53.9. The quantitative estimate of drug-likeness (QED) is 0.687. The molecule has 0 spiro atoms. The van der Waals surface area contributed by atoms with Crippen molar-refractivity contribution in [3.05, 3.63) is 70.8 Å². The third kappa shape index (κ3) is 4.66. The Kier molecular flexibility index (Phi) is 6.54. The second-order valence-electron chi connectivity index (χ2n) is 6.74. The smallest absolute Gasteiger partial charge is 0.263 e. The van der Waals surface area contributed by atoms with Gasteiger partial charge in [-0.1, -0.05) is 0 Å². The molecule has 31 heavy (non-hydrogen) atoms. The lowest BCUT2D eigenvalue weighted by Crippen LogP contribution is -2.54. The van der Waals surface area contributed by atoms with Crippen molar-refractivity contribution < 1.29 is 31.9 Å². The number of carbonyl (C=O) groups is 3. The largest absolute Gasteiger partial charge is 0.351 e. The van der Waals surface area contributed by atoms with Crippen molar-refractivity contribution >= 4 is 17.7 Å². The minimum atomic E-state index is -1.48. The van der Waals surface area contributed by atoms with Gasteiger partial charge < -0.3 is 20.9 Å². The fourth-order valence-electron chi connectivity index (χ4n) is 3.26. The third-order valence-corrected chi connectivity index (χ3v) is 4.65. The fourth-order valence-corrected chi connectivity index (χ4v) is 3.26. The van der Waals surface area contributed by atoms with Gasteiger partial charge in [0.15, 0.2) is 17.8 Å². The Bertz CT molecular complexity index is 1010. The first kappa shape index (κ1) is 22.2. The first-order valence-corrected chi connectivity index (χ1v) is 9.23. The van der Waals surface area contributed by atoms with Crippen LogP contribution in [-0.2, 0) is 4.79 Å². The minimum absolute atomic E-state index is 0.0408. The highest BCUT2D eigenvalue weighted by molar-refractivity contribution is 6.02. The molecule has 0 saturated carbocycles. The Balaban J connectivity index is 1.94. The van der Waals surface area contributed by atoms with E-state index in [0.717, 1.165) is 34.1 Å². The molecule has 0 aromatic heterocycles. The average molecular weight is 438 g/mol. The van der Waals surface area contributed by atoms with E-state index in [1.165, 1.54) is 0 Å². The van der Waals surface area contributed by atoms with E-state index in [1.807, 2.05) is 0 Å². The van der Waals surface area contributed by atoms with Crippen molar-refractivity contribution in [3.8, 4) is 0 Å². The van der Waals surface area contributed by atoms with Gasteiger partial charge in [-0.15, -0.1) is 0 Å². The van der Waals surface area contributed by atoms with Crippen molar-refractivity contribution in [2.45, 2.75) is 6.17 Å². The van der Waals surface area contributed by atoms with Crippen LogP contribution in [0.4, 0.5) is 17.6 Å². The molecule has 3 N–H and O–H groups in total. The van der Waals surface area contributed by atoms with Crippen molar-refractivity contribution in [1.82, 2.24) is 15.1 Å². The molecule has 1 unspecified atom stereocenters. The lowest BCUT2D eigenvalue weighted by atomic mass is 10.1. The molecule has 3 rings (SSSR count). The molecule has 1 aliphatic rings. The molecular weight excluding hydrogens is 420 g/mol. The van der Waals surface area contributed by atoms with Gasteiger partial charge in [0.2, 0.25) is 0 Å². The summed E-state index contributed by atoms with van der Waals surface area (Å²) in [5.74, 6) is -6.84. The molecule has 2 aromatic rings. The van der Waals surface area contributed by atoms with Crippen LogP contribution in [0.5, 0.6) is 0 Å². The van der Waals surface area contributed by atoms with Gasteiger partial charge in [-0.2, -0.15) is 0 Å². The summed E-state index contributed by atoms with van der Waals surface area (Å²) in [5.41, 5.74) is 4.79. The standard InChI is InChI=1S/C20H18F4N4O3/c21-13-7-12(8-14(22)10-13)20(31)28-6-5-27(18(28)17(29)26-4-3-25)19(30)11-1-2-15(23)16(24)9-11/h1-2,7-10,18H,3-6,25H2,(H,26,29). The van der Waals surface area contributed by atoms with Crippen LogP contribution in [0.15, 0.2) is 36.4 Å². The van der Waals surface area contributed by atoms with Crippen LogP contribution in [0.25, 0.3) is 0 Å². The van der Waals surface area contributed by atoms with E-state index < -0.39 is 47.2 Å². The lowest BCUT2D eigenvalue weighted by molar-refractivity contribution is -0.128. The maximum atomic E-state index is 13.6. The number of amides is 3. The van der Waals surface area contributed by atoms with Crippen molar-refractivity contribution in [3.63, 3.8) is 0 Å². The van der Waals surface area contributed by atoms with Crippen LogP contribution in [0.2, 0.25) is 0 Å². The molecule has 0 aliphatic carbocycles. The molecule has 1 aliphatic heterocycles. The van der Waals surface area contributed by atoms with E-state index in [9.17, 15) is 31.9 Å². The maximum Gasteiger partial charge on any atom is 0.263 e. The summed E-state index contributed by atoms with van der Waals surface area (Å²) >= 11 is 0. The summed E-state index contributed by atoms with van der Waals surface area (Å²) in [6.45, 7) is -0.132. The Labute approximate surface area is 174 Å². The van der Waals surface area contributed by atoms with Crippen LogP contribution < -0.4 is 11.1 Å². The van der Waals surface area contributed by atoms with Crippen LogP contribution in [-0.4, -0.2) is 59.9 Å². The van der Waals surface area contributed by atoms with Crippen LogP contribution in [0.1, 0.15) is 20.7 Å². The number of benzene rings is 2. The van der Waals surface area contributed by atoms with Gasteiger partial charge in [-0.05, 0) is 30.3 Å². The van der Waals surface area contributed by atoms with Gasteiger partial charge in [0.05, 0.1) is 0 Å². The first-order chi connectivity index (χ1) is 14.7. The van der Waals surface area contributed by atoms with Gasteiger partial charge in [0, 0.05) is 43.4 Å². The Hall–Kier alpha value is -3.47. The first-order valence-electron chi connectivity index (χ1n) is 9.23. The van der Waals surface area contributed by atoms with E-state index in [-0.39, 0.29) is 37.3 Å². The molecule has 1 fully saturated rings. The summed E-state index contributed by atoms with van der Waals surface area (Å²) in [7, 11) is 0. The third-order valence-electron chi connectivity index (χ3n) is 4.65. The molecule has 1 saturated heterocycles. The molecule has 0 radical (unpaired) electrons. The van der Waals surface area contributed by atoms with Crippen molar-refractivity contribution in [2.75, 3.05) is 26.2 Å². The van der Waals surface area contributed by atoms with E-state index in [1.54, 1.807) is 0 Å². The van der Waals surface area contributed by atoms with Gasteiger partial charge in [-0.25, -0.2) is 17.6 Å². The normalized spacial score (nSPS) is 15.8. The zero-order valence-electron chi connectivity index (χ0n) is 16.1. The van der Waals surface area contributed by atoms with Gasteiger partial charge >= 0.3 is 0 Å². The minimum Gasteiger partial charge on any atom is -0.351 e. The molecule has 1 heterocycles. The summed E-state index contributed by atoms with van der Waals surface area (Å²) in [4.78, 5) is 40.4. The number of rotatable bonds is 5. The molecule has 2 aromatic carbocycles. The number of nitrogens with two attached hydrogens (primary N) is 1. The highest BCUT2D eigenvalue weighted by Crippen LogP contribution is 2.22. The number of hydrogen-bond acceptors (Lipinski definition) is 4. The Morgan fingerprint density at radius 3 is 2.00 bits per heavy atom. The fraction of sp³-hybridized carbons (Fsp3) is 0.250.